The number of nitrogens with two attached hydrogens (primary N) is 1. The van der Waals surface area contributed by atoms with Crippen LogP contribution in [0.2, 0.25) is 0 Å². The lowest BCUT2D eigenvalue weighted by atomic mass is 9.90. The zero-order valence-corrected chi connectivity index (χ0v) is 7.07. The molecule has 0 aromatic rings. The van der Waals surface area contributed by atoms with Crippen molar-refractivity contribution in [2.45, 2.75) is 12.5 Å². The van der Waals surface area contributed by atoms with E-state index in [4.69, 9.17) is 10.5 Å². The number of hydrogen-bond acceptors (Lipinski definition) is 3. The van der Waals surface area contributed by atoms with Crippen LogP contribution >= 0.6 is 0 Å². The van der Waals surface area contributed by atoms with Gasteiger partial charge >= 0.3 is 5.97 Å². The summed E-state index contributed by atoms with van der Waals surface area (Å²) in [6.07, 6.45) is 5.24. The van der Waals surface area contributed by atoms with Gasteiger partial charge in [0.25, 0.3) is 0 Å². The fourth-order valence-electron chi connectivity index (χ4n) is 2.33. The maximum atomic E-state index is 11.3. The molecular weight excluding hydrogens is 154 g/mol. The SMILES string of the molecule is COC(=O)C1C(N)[C@@H]2C=C[C@H]1C2. The summed E-state index contributed by atoms with van der Waals surface area (Å²) in [7, 11) is 1.42. The Morgan fingerprint density at radius 2 is 2.17 bits per heavy atom. The minimum Gasteiger partial charge on any atom is -0.469 e. The molecule has 0 aromatic carbocycles. The van der Waals surface area contributed by atoms with Crippen molar-refractivity contribution >= 4 is 5.97 Å². The molecule has 66 valence electrons. The number of rotatable bonds is 1. The Labute approximate surface area is 71.6 Å². The number of methoxy groups -OCH3 is 1. The molecule has 0 amide bonds. The number of ether oxygens (including phenoxy) is 1. The summed E-state index contributed by atoms with van der Waals surface area (Å²) < 4.78 is 4.70. The molecule has 0 radical (unpaired) electrons. The first-order valence-corrected chi connectivity index (χ1v) is 4.26. The first-order valence-electron chi connectivity index (χ1n) is 4.26. The number of hydrogen-bond donors (Lipinski definition) is 1. The maximum Gasteiger partial charge on any atom is 0.310 e. The second-order valence-corrected chi connectivity index (χ2v) is 3.57. The highest BCUT2D eigenvalue weighted by atomic mass is 16.5. The van der Waals surface area contributed by atoms with Crippen molar-refractivity contribution in [1.29, 1.82) is 0 Å². The fraction of sp³-hybridized carbons (Fsp3) is 0.667. The van der Waals surface area contributed by atoms with Gasteiger partial charge in [-0.15, -0.1) is 0 Å². The van der Waals surface area contributed by atoms with Gasteiger partial charge in [0.05, 0.1) is 13.0 Å². The molecular formula is C9H13NO2. The molecule has 0 heterocycles. The van der Waals surface area contributed by atoms with Crippen LogP contribution in [0.5, 0.6) is 0 Å². The largest absolute Gasteiger partial charge is 0.469 e. The smallest absolute Gasteiger partial charge is 0.310 e. The molecule has 2 bridgehead atoms. The first kappa shape index (κ1) is 7.80. The maximum absolute atomic E-state index is 11.3. The lowest BCUT2D eigenvalue weighted by Gasteiger charge is -2.21. The topological polar surface area (TPSA) is 52.3 Å². The highest BCUT2D eigenvalue weighted by Crippen LogP contribution is 2.42. The summed E-state index contributed by atoms with van der Waals surface area (Å²) >= 11 is 0. The number of carbonyl (C=O) groups is 1. The normalized spacial score (nSPS) is 43.5. The molecule has 3 nitrogen and oxygen atoms in total. The Kier molecular flexibility index (Phi) is 1.68. The summed E-state index contributed by atoms with van der Waals surface area (Å²) in [4.78, 5) is 11.3. The minimum atomic E-state index is -0.153. The molecule has 4 atom stereocenters. The van der Waals surface area contributed by atoms with E-state index >= 15 is 0 Å². The molecule has 3 heteroatoms. The summed E-state index contributed by atoms with van der Waals surface area (Å²) in [5, 5.41) is 0. The van der Waals surface area contributed by atoms with E-state index in [0.717, 1.165) is 6.42 Å². The van der Waals surface area contributed by atoms with E-state index in [1.165, 1.54) is 7.11 Å². The van der Waals surface area contributed by atoms with E-state index in [1.807, 2.05) is 0 Å². The van der Waals surface area contributed by atoms with Crippen molar-refractivity contribution in [3.8, 4) is 0 Å². The highest BCUT2D eigenvalue weighted by Gasteiger charge is 2.46. The number of esters is 1. The van der Waals surface area contributed by atoms with Crippen LogP contribution in [0.15, 0.2) is 12.2 Å². The van der Waals surface area contributed by atoms with Gasteiger partial charge in [0.15, 0.2) is 0 Å². The van der Waals surface area contributed by atoms with E-state index in [0.29, 0.717) is 11.8 Å². The van der Waals surface area contributed by atoms with Crippen LogP contribution in [-0.4, -0.2) is 19.1 Å². The molecule has 2 N–H and O–H groups in total. The molecule has 0 saturated heterocycles. The second kappa shape index (κ2) is 2.59. The van der Waals surface area contributed by atoms with E-state index in [-0.39, 0.29) is 17.9 Å². The summed E-state index contributed by atoms with van der Waals surface area (Å²) in [6, 6.07) is -0.0209. The zero-order chi connectivity index (χ0) is 8.72. The Bertz CT molecular complexity index is 237. The van der Waals surface area contributed by atoms with Gasteiger partial charge in [-0.25, -0.2) is 0 Å². The lowest BCUT2D eigenvalue weighted by Crippen LogP contribution is -2.39. The van der Waals surface area contributed by atoms with Gasteiger partial charge in [-0.3, -0.25) is 4.79 Å². The van der Waals surface area contributed by atoms with E-state index in [2.05, 4.69) is 12.2 Å². The van der Waals surface area contributed by atoms with E-state index in [1.54, 1.807) is 0 Å². The van der Waals surface area contributed by atoms with Gasteiger partial charge < -0.3 is 10.5 Å². The standard InChI is InChI=1S/C9H13NO2/c1-12-9(11)7-5-2-3-6(4-5)8(7)10/h2-3,5-8H,4,10H2,1H3/t5-,6+,7?,8?/m0/s1. The molecule has 12 heavy (non-hydrogen) atoms. The van der Waals surface area contributed by atoms with Gasteiger partial charge in [0.1, 0.15) is 0 Å². The average molecular weight is 167 g/mol. The number of fused-ring (bicyclic) bond motifs is 2. The Morgan fingerprint density at radius 3 is 2.67 bits per heavy atom. The molecule has 2 rings (SSSR count). The van der Waals surface area contributed by atoms with Crippen molar-refractivity contribution in [2.75, 3.05) is 7.11 Å². The van der Waals surface area contributed by atoms with Crippen LogP contribution in [-0.2, 0) is 9.53 Å². The Hall–Kier alpha value is -0.830. The molecule has 2 unspecified atom stereocenters. The fourth-order valence-corrected chi connectivity index (χ4v) is 2.33. The predicted molar refractivity (Wildman–Crippen MR) is 44.2 cm³/mol. The number of carbonyl (C=O) groups excluding carboxylic acids is 1. The van der Waals surface area contributed by atoms with E-state index in [9.17, 15) is 4.79 Å². The Morgan fingerprint density at radius 1 is 1.50 bits per heavy atom. The first-order chi connectivity index (χ1) is 5.74. The highest BCUT2D eigenvalue weighted by molar-refractivity contribution is 5.75. The monoisotopic (exact) mass is 167 g/mol. The average Bonchev–Trinajstić information content (AvgIpc) is 2.63. The van der Waals surface area contributed by atoms with Crippen molar-refractivity contribution in [2.24, 2.45) is 23.5 Å². The summed E-state index contributed by atoms with van der Waals surface area (Å²) in [5.74, 6) is 0.487. The molecule has 0 aliphatic heterocycles. The molecule has 0 aromatic heterocycles. The van der Waals surface area contributed by atoms with Crippen LogP contribution in [0.25, 0.3) is 0 Å². The van der Waals surface area contributed by atoms with Gasteiger partial charge in [-0.05, 0) is 18.3 Å². The van der Waals surface area contributed by atoms with Gasteiger partial charge in [-0.2, -0.15) is 0 Å². The minimum absolute atomic E-state index is 0.0209. The number of allylic oxidation sites excluding steroid dienone is 1. The van der Waals surface area contributed by atoms with Crippen molar-refractivity contribution < 1.29 is 9.53 Å². The quantitative estimate of drug-likeness (QED) is 0.451. The van der Waals surface area contributed by atoms with Crippen molar-refractivity contribution in [3.63, 3.8) is 0 Å². The third-order valence-electron chi connectivity index (χ3n) is 2.99. The van der Waals surface area contributed by atoms with Crippen LogP contribution in [0.1, 0.15) is 6.42 Å². The van der Waals surface area contributed by atoms with Gasteiger partial charge in [0, 0.05) is 6.04 Å². The van der Waals surface area contributed by atoms with E-state index < -0.39 is 0 Å². The van der Waals surface area contributed by atoms with Crippen LogP contribution in [0.3, 0.4) is 0 Å². The van der Waals surface area contributed by atoms with Crippen molar-refractivity contribution in [3.05, 3.63) is 12.2 Å². The third-order valence-corrected chi connectivity index (χ3v) is 2.99. The summed E-state index contributed by atoms with van der Waals surface area (Å²) in [5.41, 5.74) is 5.89. The van der Waals surface area contributed by atoms with Crippen LogP contribution in [0.4, 0.5) is 0 Å². The molecule has 2 aliphatic carbocycles. The summed E-state index contributed by atoms with van der Waals surface area (Å²) in [6.45, 7) is 0. The zero-order valence-electron chi connectivity index (χ0n) is 7.07. The molecule has 0 spiro atoms. The lowest BCUT2D eigenvalue weighted by molar-refractivity contribution is -0.146. The van der Waals surface area contributed by atoms with Gasteiger partial charge in [0.2, 0.25) is 0 Å². The molecule has 2 aliphatic rings. The molecule has 1 fully saturated rings. The van der Waals surface area contributed by atoms with Gasteiger partial charge in [-0.1, -0.05) is 12.2 Å². The molecule has 1 saturated carbocycles. The predicted octanol–water partition coefficient (Wildman–Crippen LogP) is 0.309. The second-order valence-electron chi connectivity index (χ2n) is 3.57. The van der Waals surface area contributed by atoms with Crippen LogP contribution in [0, 0.1) is 17.8 Å². The third kappa shape index (κ3) is 0.894. The Balaban J connectivity index is 2.18. The van der Waals surface area contributed by atoms with Crippen LogP contribution < -0.4 is 5.73 Å². The van der Waals surface area contributed by atoms with Crippen molar-refractivity contribution in [1.82, 2.24) is 0 Å².